The van der Waals surface area contributed by atoms with Crippen LogP contribution >= 0.6 is 0 Å². The number of carbonyl (C=O) groups excluding carboxylic acids is 2. The Morgan fingerprint density at radius 3 is 2.44 bits per heavy atom. The highest BCUT2D eigenvalue weighted by atomic mass is 32.2. The van der Waals surface area contributed by atoms with Crippen LogP contribution in [-0.4, -0.2) is 67.2 Å². The van der Waals surface area contributed by atoms with E-state index in [1.165, 1.54) is 19.0 Å². The normalized spacial score (nSPS) is 11.7. The van der Waals surface area contributed by atoms with Crippen LogP contribution in [0.4, 0.5) is 5.69 Å². The van der Waals surface area contributed by atoms with Crippen LogP contribution < -0.4 is 5.32 Å². The number of benzene rings is 2. The molecule has 0 unspecified atom stereocenters. The molecular formula is C22H27N5O4S. The zero-order valence-electron chi connectivity index (χ0n) is 18.8. The summed E-state index contributed by atoms with van der Waals surface area (Å²) in [6.07, 6.45) is 0.564. The second-order valence-corrected chi connectivity index (χ2v) is 10.0. The van der Waals surface area contributed by atoms with E-state index in [0.717, 1.165) is 9.82 Å². The third-order valence-electron chi connectivity index (χ3n) is 5.10. The number of sulfonamides is 1. The first-order valence-electron chi connectivity index (χ1n) is 10.00. The summed E-state index contributed by atoms with van der Waals surface area (Å²) >= 11 is 0. The number of imidazole rings is 1. The Morgan fingerprint density at radius 1 is 1.06 bits per heavy atom. The van der Waals surface area contributed by atoms with E-state index in [-0.39, 0.29) is 23.1 Å². The van der Waals surface area contributed by atoms with E-state index in [0.29, 0.717) is 29.0 Å². The van der Waals surface area contributed by atoms with Crippen LogP contribution in [-0.2, 0) is 28.3 Å². The smallest absolute Gasteiger partial charge is 0.253 e. The van der Waals surface area contributed by atoms with E-state index in [1.54, 1.807) is 56.6 Å². The van der Waals surface area contributed by atoms with Gasteiger partial charge in [-0.2, -0.15) is 0 Å². The van der Waals surface area contributed by atoms with Crippen molar-refractivity contribution in [3.63, 3.8) is 0 Å². The second-order valence-electron chi connectivity index (χ2n) is 7.85. The van der Waals surface area contributed by atoms with Crippen molar-refractivity contribution in [2.24, 2.45) is 7.05 Å². The van der Waals surface area contributed by atoms with Crippen molar-refractivity contribution in [1.29, 1.82) is 0 Å². The molecule has 1 N–H and O–H groups in total. The van der Waals surface area contributed by atoms with Crippen molar-refractivity contribution in [1.82, 2.24) is 18.8 Å². The fraction of sp³-hybridized carbons (Fsp3) is 0.318. The van der Waals surface area contributed by atoms with Gasteiger partial charge in [-0.05, 0) is 36.4 Å². The summed E-state index contributed by atoms with van der Waals surface area (Å²) < 4.78 is 27.8. The van der Waals surface area contributed by atoms with E-state index in [9.17, 15) is 18.0 Å². The van der Waals surface area contributed by atoms with Crippen molar-refractivity contribution < 1.29 is 18.0 Å². The maximum absolute atomic E-state index is 12.5. The number of hydrogen-bond donors (Lipinski definition) is 1. The molecule has 3 rings (SSSR count). The molecule has 1 heterocycles. The summed E-state index contributed by atoms with van der Waals surface area (Å²) in [5, 5.41) is 2.81. The summed E-state index contributed by atoms with van der Waals surface area (Å²) in [6.45, 7) is 0. The molecule has 0 aliphatic rings. The third kappa shape index (κ3) is 4.81. The Labute approximate surface area is 187 Å². The number of amides is 2. The standard InChI is InChI=1S/C22H27N5O4S/c1-25(2)22(29)15-7-6-8-16(13-15)23-21(28)12-11-20-24-18-14-17(32(30,31)26(3)4)9-10-19(18)27(20)5/h6-10,13-14H,11-12H2,1-5H3,(H,23,28). The fourth-order valence-corrected chi connectivity index (χ4v) is 4.18. The van der Waals surface area contributed by atoms with Crippen LogP contribution in [0.25, 0.3) is 11.0 Å². The molecule has 32 heavy (non-hydrogen) atoms. The Hall–Kier alpha value is -3.24. The van der Waals surface area contributed by atoms with Gasteiger partial charge >= 0.3 is 0 Å². The van der Waals surface area contributed by atoms with Gasteiger partial charge in [0, 0.05) is 59.3 Å². The SMILES string of the molecule is CN(C)C(=O)c1cccc(NC(=O)CCc2nc3cc(S(=O)(=O)N(C)C)ccc3n2C)c1. The lowest BCUT2D eigenvalue weighted by molar-refractivity contribution is -0.116. The minimum Gasteiger partial charge on any atom is -0.345 e. The molecule has 2 amide bonds. The Morgan fingerprint density at radius 2 is 1.78 bits per heavy atom. The number of fused-ring (bicyclic) bond motifs is 1. The summed E-state index contributed by atoms with van der Waals surface area (Å²) in [5.41, 5.74) is 2.38. The molecule has 0 bridgehead atoms. The lowest BCUT2D eigenvalue weighted by Crippen LogP contribution is -2.22. The number of aryl methyl sites for hydroxylation is 2. The Bertz CT molecular complexity index is 1280. The molecule has 0 atom stereocenters. The number of rotatable bonds is 7. The number of nitrogens with zero attached hydrogens (tertiary/aromatic N) is 4. The van der Waals surface area contributed by atoms with Crippen molar-refractivity contribution in [2.75, 3.05) is 33.5 Å². The van der Waals surface area contributed by atoms with Crippen LogP contribution in [0, 0.1) is 0 Å². The second kappa shape index (κ2) is 9.09. The van der Waals surface area contributed by atoms with Crippen LogP contribution in [0.2, 0.25) is 0 Å². The summed E-state index contributed by atoms with van der Waals surface area (Å²) in [4.78, 5) is 30.7. The predicted molar refractivity (Wildman–Crippen MR) is 123 cm³/mol. The maximum Gasteiger partial charge on any atom is 0.253 e. The number of hydrogen-bond acceptors (Lipinski definition) is 5. The largest absolute Gasteiger partial charge is 0.345 e. The lowest BCUT2D eigenvalue weighted by atomic mass is 10.1. The third-order valence-corrected chi connectivity index (χ3v) is 6.91. The van der Waals surface area contributed by atoms with E-state index in [2.05, 4.69) is 10.3 Å². The molecule has 0 saturated carbocycles. The molecule has 9 nitrogen and oxygen atoms in total. The highest BCUT2D eigenvalue weighted by Gasteiger charge is 2.19. The van der Waals surface area contributed by atoms with Crippen LogP contribution in [0.3, 0.4) is 0 Å². The first kappa shape index (κ1) is 23.4. The highest BCUT2D eigenvalue weighted by Crippen LogP contribution is 2.22. The van der Waals surface area contributed by atoms with Gasteiger partial charge in [-0.3, -0.25) is 9.59 Å². The molecule has 0 radical (unpaired) electrons. The molecule has 0 spiro atoms. The molecule has 0 aliphatic carbocycles. The number of carbonyl (C=O) groups is 2. The van der Waals surface area contributed by atoms with E-state index < -0.39 is 10.0 Å². The summed E-state index contributed by atoms with van der Waals surface area (Å²) in [6, 6.07) is 11.6. The molecule has 0 saturated heterocycles. The molecule has 0 aliphatic heterocycles. The minimum absolute atomic E-state index is 0.142. The van der Waals surface area contributed by atoms with Gasteiger partial charge in [0.05, 0.1) is 15.9 Å². The Balaban J connectivity index is 1.72. The van der Waals surface area contributed by atoms with Gasteiger partial charge in [0.2, 0.25) is 15.9 Å². The van der Waals surface area contributed by atoms with E-state index in [1.807, 2.05) is 11.6 Å². The average molecular weight is 458 g/mol. The van der Waals surface area contributed by atoms with Gasteiger partial charge in [-0.1, -0.05) is 6.07 Å². The van der Waals surface area contributed by atoms with Crippen molar-refractivity contribution >= 4 is 38.6 Å². The molecule has 170 valence electrons. The first-order chi connectivity index (χ1) is 15.0. The number of aromatic nitrogens is 2. The van der Waals surface area contributed by atoms with E-state index >= 15 is 0 Å². The molecular weight excluding hydrogens is 430 g/mol. The lowest BCUT2D eigenvalue weighted by Gasteiger charge is -2.11. The van der Waals surface area contributed by atoms with Crippen molar-refractivity contribution in [3.8, 4) is 0 Å². The molecule has 10 heteroatoms. The highest BCUT2D eigenvalue weighted by molar-refractivity contribution is 7.89. The summed E-state index contributed by atoms with van der Waals surface area (Å²) in [5.74, 6) is 0.324. The van der Waals surface area contributed by atoms with E-state index in [4.69, 9.17) is 0 Å². The average Bonchev–Trinajstić information content (AvgIpc) is 3.06. The van der Waals surface area contributed by atoms with Gasteiger partial charge in [-0.15, -0.1) is 0 Å². The van der Waals surface area contributed by atoms with Crippen LogP contribution in [0.5, 0.6) is 0 Å². The van der Waals surface area contributed by atoms with Gasteiger partial charge in [0.1, 0.15) is 5.82 Å². The fourth-order valence-electron chi connectivity index (χ4n) is 3.26. The van der Waals surface area contributed by atoms with Gasteiger partial charge in [0.25, 0.3) is 5.91 Å². The van der Waals surface area contributed by atoms with Crippen molar-refractivity contribution in [3.05, 3.63) is 53.9 Å². The zero-order valence-corrected chi connectivity index (χ0v) is 19.6. The topological polar surface area (TPSA) is 105 Å². The quantitative estimate of drug-likeness (QED) is 0.585. The number of anilines is 1. The maximum atomic E-state index is 12.5. The monoisotopic (exact) mass is 457 g/mol. The van der Waals surface area contributed by atoms with Crippen LogP contribution in [0.15, 0.2) is 47.4 Å². The Kier molecular flexibility index (Phi) is 6.65. The zero-order chi connectivity index (χ0) is 23.6. The van der Waals surface area contributed by atoms with Gasteiger partial charge in [-0.25, -0.2) is 17.7 Å². The molecule has 2 aromatic carbocycles. The first-order valence-corrected chi connectivity index (χ1v) is 11.4. The number of nitrogens with one attached hydrogen (secondary N) is 1. The summed E-state index contributed by atoms with van der Waals surface area (Å²) in [7, 11) is 4.58. The van der Waals surface area contributed by atoms with Gasteiger partial charge in [0.15, 0.2) is 0 Å². The predicted octanol–water partition coefficient (Wildman–Crippen LogP) is 2.10. The van der Waals surface area contributed by atoms with Crippen molar-refractivity contribution in [2.45, 2.75) is 17.7 Å². The molecule has 3 aromatic rings. The molecule has 0 fully saturated rings. The molecule has 1 aromatic heterocycles. The minimum atomic E-state index is -3.55. The van der Waals surface area contributed by atoms with Crippen LogP contribution in [0.1, 0.15) is 22.6 Å². The van der Waals surface area contributed by atoms with Gasteiger partial charge < -0.3 is 14.8 Å².